The van der Waals surface area contributed by atoms with Gasteiger partial charge in [0.05, 0.1) is 11.7 Å². The fourth-order valence-corrected chi connectivity index (χ4v) is 3.51. The van der Waals surface area contributed by atoms with E-state index in [1.165, 1.54) is 57.8 Å². The number of methoxy groups -OCH3 is 1. The lowest BCUT2D eigenvalue weighted by molar-refractivity contribution is -0.101. The Balaban J connectivity index is 1.76. The lowest BCUT2D eigenvalue weighted by Gasteiger charge is -2.47. The quantitative estimate of drug-likeness (QED) is 0.697. The van der Waals surface area contributed by atoms with Crippen molar-refractivity contribution in [2.75, 3.05) is 20.3 Å². The highest BCUT2D eigenvalue weighted by Crippen LogP contribution is 2.39. The molecule has 19 heavy (non-hydrogen) atoms. The first-order chi connectivity index (χ1) is 9.30. The molecule has 1 saturated carbocycles. The first kappa shape index (κ1) is 15.3. The zero-order valence-corrected chi connectivity index (χ0v) is 12.7. The van der Waals surface area contributed by atoms with Gasteiger partial charge in [0.25, 0.3) is 0 Å². The Hall–Kier alpha value is -0.120. The summed E-state index contributed by atoms with van der Waals surface area (Å²) in [6, 6.07) is 0.535. The van der Waals surface area contributed by atoms with Crippen molar-refractivity contribution in [3.63, 3.8) is 0 Å². The molecule has 3 nitrogen and oxygen atoms in total. The van der Waals surface area contributed by atoms with E-state index in [-0.39, 0.29) is 5.60 Å². The van der Waals surface area contributed by atoms with Crippen LogP contribution in [0.4, 0.5) is 0 Å². The van der Waals surface area contributed by atoms with Gasteiger partial charge in [-0.15, -0.1) is 0 Å². The average molecular weight is 269 g/mol. The van der Waals surface area contributed by atoms with Crippen LogP contribution in [-0.4, -0.2) is 38.0 Å². The number of hydrogen-bond acceptors (Lipinski definition) is 3. The van der Waals surface area contributed by atoms with Crippen molar-refractivity contribution in [1.29, 1.82) is 0 Å². The zero-order chi connectivity index (χ0) is 13.6. The maximum absolute atomic E-state index is 5.86. The smallest absolute Gasteiger partial charge is 0.0831 e. The number of nitrogens with one attached hydrogen (secondary N) is 1. The van der Waals surface area contributed by atoms with Gasteiger partial charge < -0.3 is 14.8 Å². The largest absolute Gasteiger partial charge is 0.378 e. The van der Waals surface area contributed by atoms with Gasteiger partial charge in [-0.2, -0.15) is 0 Å². The molecule has 1 aliphatic carbocycles. The summed E-state index contributed by atoms with van der Waals surface area (Å²) in [5.74, 6) is 0. The molecular formula is C16H31NO2. The van der Waals surface area contributed by atoms with Crippen LogP contribution in [0.5, 0.6) is 0 Å². The Labute approximate surface area is 118 Å². The van der Waals surface area contributed by atoms with Gasteiger partial charge in [-0.05, 0) is 64.3 Å². The van der Waals surface area contributed by atoms with Crippen LogP contribution in [0.2, 0.25) is 0 Å². The van der Waals surface area contributed by atoms with Gasteiger partial charge >= 0.3 is 0 Å². The van der Waals surface area contributed by atoms with Gasteiger partial charge in [0, 0.05) is 19.8 Å². The Morgan fingerprint density at radius 2 is 2.21 bits per heavy atom. The van der Waals surface area contributed by atoms with Gasteiger partial charge in [0.2, 0.25) is 0 Å². The third kappa shape index (κ3) is 3.93. The molecule has 0 aromatic heterocycles. The molecule has 1 aliphatic heterocycles. The third-order valence-electron chi connectivity index (χ3n) is 4.93. The Morgan fingerprint density at radius 1 is 1.37 bits per heavy atom. The number of ether oxygens (including phenoxy) is 2. The van der Waals surface area contributed by atoms with Crippen LogP contribution in [-0.2, 0) is 9.47 Å². The highest BCUT2D eigenvalue weighted by atomic mass is 16.5. The molecule has 0 aromatic rings. The Morgan fingerprint density at radius 3 is 2.74 bits per heavy atom. The van der Waals surface area contributed by atoms with Crippen molar-refractivity contribution < 1.29 is 9.47 Å². The second kappa shape index (κ2) is 7.61. The van der Waals surface area contributed by atoms with E-state index >= 15 is 0 Å². The SMILES string of the molecule is CCCNC(CCCC1CCCO1)C1(OC)CCC1. The standard InChI is InChI=1S/C16H31NO2/c1-3-12-17-15(16(18-2)10-6-11-16)9-4-7-14-8-5-13-19-14/h14-15,17H,3-13H2,1-2H3. The van der Waals surface area contributed by atoms with Gasteiger partial charge in [0.15, 0.2) is 0 Å². The number of hydrogen-bond donors (Lipinski definition) is 1. The molecule has 2 aliphatic rings. The molecule has 1 heterocycles. The van der Waals surface area contributed by atoms with E-state index in [0.29, 0.717) is 12.1 Å². The third-order valence-corrected chi connectivity index (χ3v) is 4.93. The van der Waals surface area contributed by atoms with E-state index in [2.05, 4.69) is 12.2 Å². The fraction of sp³-hybridized carbons (Fsp3) is 1.00. The lowest BCUT2D eigenvalue weighted by atomic mass is 9.73. The topological polar surface area (TPSA) is 30.5 Å². The normalized spacial score (nSPS) is 27.2. The van der Waals surface area contributed by atoms with E-state index in [1.54, 1.807) is 0 Å². The minimum absolute atomic E-state index is 0.131. The van der Waals surface area contributed by atoms with Crippen LogP contribution in [0, 0.1) is 0 Å². The van der Waals surface area contributed by atoms with E-state index in [9.17, 15) is 0 Å². The molecule has 0 aromatic carbocycles. The molecule has 1 N–H and O–H groups in total. The van der Waals surface area contributed by atoms with Gasteiger partial charge in [-0.1, -0.05) is 6.92 Å². The lowest BCUT2D eigenvalue weighted by Crippen LogP contribution is -2.56. The first-order valence-corrected chi connectivity index (χ1v) is 8.21. The summed E-state index contributed by atoms with van der Waals surface area (Å²) in [4.78, 5) is 0. The van der Waals surface area contributed by atoms with Crippen LogP contribution in [0.3, 0.4) is 0 Å². The predicted molar refractivity (Wildman–Crippen MR) is 78.5 cm³/mol. The monoisotopic (exact) mass is 269 g/mol. The van der Waals surface area contributed by atoms with Crippen molar-refractivity contribution in [3.05, 3.63) is 0 Å². The fourth-order valence-electron chi connectivity index (χ4n) is 3.51. The summed E-state index contributed by atoms with van der Waals surface area (Å²) in [7, 11) is 1.89. The van der Waals surface area contributed by atoms with Crippen molar-refractivity contribution >= 4 is 0 Å². The molecule has 2 rings (SSSR count). The first-order valence-electron chi connectivity index (χ1n) is 8.21. The van der Waals surface area contributed by atoms with Crippen LogP contribution in [0.25, 0.3) is 0 Å². The van der Waals surface area contributed by atoms with Crippen molar-refractivity contribution in [2.45, 2.75) is 82.5 Å². The number of rotatable bonds is 9. The van der Waals surface area contributed by atoms with Gasteiger partial charge in [-0.25, -0.2) is 0 Å². The maximum atomic E-state index is 5.86. The molecule has 2 atom stereocenters. The molecule has 0 spiro atoms. The summed E-state index contributed by atoms with van der Waals surface area (Å²) in [6.45, 7) is 4.32. The molecule has 3 heteroatoms. The minimum atomic E-state index is 0.131. The summed E-state index contributed by atoms with van der Waals surface area (Å²) < 4.78 is 11.6. The van der Waals surface area contributed by atoms with E-state index in [0.717, 1.165) is 13.2 Å². The molecule has 0 amide bonds. The van der Waals surface area contributed by atoms with E-state index in [4.69, 9.17) is 9.47 Å². The van der Waals surface area contributed by atoms with Crippen molar-refractivity contribution in [1.82, 2.24) is 5.32 Å². The summed E-state index contributed by atoms with van der Waals surface area (Å²) in [5.41, 5.74) is 0.131. The van der Waals surface area contributed by atoms with Gasteiger partial charge in [-0.3, -0.25) is 0 Å². The summed E-state index contributed by atoms with van der Waals surface area (Å²) >= 11 is 0. The van der Waals surface area contributed by atoms with Crippen LogP contribution in [0.1, 0.15) is 64.7 Å². The molecular weight excluding hydrogens is 238 g/mol. The summed E-state index contributed by atoms with van der Waals surface area (Å²) in [6.07, 6.45) is 11.7. The highest BCUT2D eigenvalue weighted by molar-refractivity contribution is 4.99. The summed E-state index contributed by atoms with van der Waals surface area (Å²) in [5, 5.41) is 3.72. The molecule has 0 bridgehead atoms. The Bertz CT molecular complexity index is 242. The van der Waals surface area contributed by atoms with E-state index in [1.807, 2.05) is 7.11 Å². The van der Waals surface area contributed by atoms with Crippen LogP contribution < -0.4 is 5.32 Å². The minimum Gasteiger partial charge on any atom is -0.378 e. The van der Waals surface area contributed by atoms with Crippen molar-refractivity contribution in [2.24, 2.45) is 0 Å². The zero-order valence-electron chi connectivity index (χ0n) is 12.7. The van der Waals surface area contributed by atoms with Crippen LogP contribution >= 0.6 is 0 Å². The molecule has 2 fully saturated rings. The van der Waals surface area contributed by atoms with Crippen LogP contribution in [0.15, 0.2) is 0 Å². The Kier molecular flexibility index (Phi) is 6.11. The average Bonchev–Trinajstić information content (AvgIpc) is 2.87. The molecule has 1 saturated heterocycles. The molecule has 2 unspecified atom stereocenters. The van der Waals surface area contributed by atoms with E-state index < -0.39 is 0 Å². The maximum Gasteiger partial charge on any atom is 0.0831 e. The highest BCUT2D eigenvalue weighted by Gasteiger charge is 2.43. The predicted octanol–water partition coefficient (Wildman–Crippen LogP) is 3.27. The van der Waals surface area contributed by atoms with Crippen molar-refractivity contribution in [3.8, 4) is 0 Å². The molecule has 0 radical (unpaired) electrons. The second-order valence-electron chi connectivity index (χ2n) is 6.20. The molecule has 112 valence electrons. The second-order valence-corrected chi connectivity index (χ2v) is 6.20. The van der Waals surface area contributed by atoms with Gasteiger partial charge in [0.1, 0.15) is 0 Å².